The first-order valence-corrected chi connectivity index (χ1v) is 7.63. The molecule has 128 valence electrons. The van der Waals surface area contributed by atoms with Gasteiger partial charge in [0.25, 0.3) is 0 Å². The van der Waals surface area contributed by atoms with Gasteiger partial charge in [-0.2, -0.15) is 0 Å². The fourth-order valence-electron chi connectivity index (χ4n) is 2.04. The summed E-state index contributed by atoms with van der Waals surface area (Å²) in [6.07, 6.45) is 5.43. The van der Waals surface area contributed by atoms with Crippen LogP contribution in [0.1, 0.15) is 38.2 Å². The topological polar surface area (TPSA) is 90.6 Å². The third-order valence-electron chi connectivity index (χ3n) is 3.31. The maximum atomic E-state index is 11.9. The second kappa shape index (κ2) is 9.78. The molecule has 0 spiro atoms. The number of carbonyl (C=O) groups excluding carboxylic acids is 2. The Balaban J connectivity index is 2.71. The summed E-state index contributed by atoms with van der Waals surface area (Å²) in [5.41, 5.74) is 0.693. The summed E-state index contributed by atoms with van der Waals surface area (Å²) in [4.78, 5) is 27.7. The van der Waals surface area contributed by atoms with Gasteiger partial charge < -0.3 is 19.1 Å². The molecule has 0 amide bonds. The van der Waals surface area contributed by atoms with Crippen molar-refractivity contribution < 1.29 is 24.2 Å². The molecule has 0 saturated carbocycles. The number of nitrogens with zero attached hydrogens (tertiary/aromatic N) is 2. The minimum atomic E-state index is -0.581. The summed E-state index contributed by atoms with van der Waals surface area (Å²) in [6, 6.07) is 0. The van der Waals surface area contributed by atoms with E-state index in [9.17, 15) is 9.59 Å². The van der Waals surface area contributed by atoms with Crippen molar-refractivity contribution in [2.75, 3.05) is 13.2 Å². The Morgan fingerprint density at radius 2 is 2.04 bits per heavy atom. The molecule has 1 aromatic heterocycles. The molecule has 0 bridgehead atoms. The second-order valence-electron chi connectivity index (χ2n) is 4.92. The number of ether oxygens (including phenoxy) is 2. The molecule has 0 aliphatic rings. The van der Waals surface area contributed by atoms with E-state index >= 15 is 0 Å². The fraction of sp³-hybridized carbons (Fsp3) is 0.562. The molecule has 1 N–H and O–H groups in total. The molecule has 0 aliphatic carbocycles. The van der Waals surface area contributed by atoms with Crippen LogP contribution in [0.15, 0.2) is 12.3 Å². The largest absolute Gasteiger partial charge is 0.466 e. The number of imidazole rings is 1. The van der Waals surface area contributed by atoms with Gasteiger partial charge in [0.05, 0.1) is 44.1 Å². The zero-order valence-corrected chi connectivity index (χ0v) is 13.8. The maximum Gasteiger partial charge on any atom is 0.309 e. The first-order chi connectivity index (χ1) is 11.0. The van der Waals surface area contributed by atoms with Crippen LogP contribution < -0.4 is 0 Å². The van der Waals surface area contributed by atoms with E-state index in [1.807, 2.05) is 0 Å². The van der Waals surface area contributed by atoms with Gasteiger partial charge in [-0.3, -0.25) is 9.59 Å². The zero-order chi connectivity index (χ0) is 17.2. The van der Waals surface area contributed by atoms with Gasteiger partial charge in [0, 0.05) is 7.05 Å². The molecule has 0 radical (unpaired) electrons. The lowest BCUT2D eigenvalue weighted by atomic mass is 10.0. The van der Waals surface area contributed by atoms with Crippen molar-refractivity contribution in [2.45, 2.75) is 33.3 Å². The number of aromatic nitrogens is 2. The van der Waals surface area contributed by atoms with Crippen molar-refractivity contribution in [1.29, 1.82) is 0 Å². The average molecular weight is 324 g/mol. The Kier molecular flexibility index (Phi) is 8.04. The Bertz CT molecular complexity index is 551. The van der Waals surface area contributed by atoms with Crippen molar-refractivity contribution in [3.8, 4) is 0 Å². The Hall–Kier alpha value is -2.15. The molecule has 23 heavy (non-hydrogen) atoms. The van der Waals surface area contributed by atoms with Gasteiger partial charge in [-0.1, -0.05) is 6.08 Å². The molecule has 0 saturated heterocycles. The van der Waals surface area contributed by atoms with E-state index < -0.39 is 17.9 Å². The third-order valence-corrected chi connectivity index (χ3v) is 3.31. The van der Waals surface area contributed by atoms with Crippen LogP contribution in [0.5, 0.6) is 0 Å². The highest BCUT2D eigenvalue weighted by molar-refractivity contribution is 5.80. The molecular weight excluding hydrogens is 300 g/mol. The van der Waals surface area contributed by atoms with Gasteiger partial charge >= 0.3 is 11.9 Å². The van der Waals surface area contributed by atoms with Crippen LogP contribution in [0.25, 0.3) is 6.08 Å². The van der Waals surface area contributed by atoms with Gasteiger partial charge in [0.2, 0.25) is 0 Å². The predicted molar refractivity (Wildman–Crippen MR) is 84.2 cm³/mol. The fourth-order valence-corrected chi connectivity index (χ4v) is 2.04. The first kappa shape index (κ1) is 18.9. The lowest BCUT2D eigenvalue weighted by molar-refractivity contribution is -0.154. The van der Waals surface area contributed by atoms with Crippen LogP contribution in [0.2, 0.25) is 0 Å². The Labute approximate surface area is 135 Å². The summed E-state index contributed by atoms with van der Waals surface area (Å²) >= 11 is 0. The van der Waals surface area contributed by atoms with E-state index in [1.165, 1.54) is 0 Å². The smallest absolute Gasteiger partial charge is 0.309 e. The first-order valence-electron chi connectivity index (χ1n) is 7.63. The SMILES string of the molecule is CCOC(=O)C[C@H](C/C=C/c1ncc(CO)n1C)C(=O)OCC. The molecule has 0 aliphatic heterocycles. The molecule has 0 unspecified atom stereocenters. The van der Waals surface area contributed by atoms with Crippen molar-refractivity contribution in [2.24, 2.45) is 13.0 Å². The summed E-state index contributed by atoms with van der Waals surface area (Å²) in [6.45, 7) is 3.89. The van der Waals surface area contributed by atoms with E-state index in [-0.39, 0.29) is 26.2 Å². The predicted octanol–water partition coefficient (Wildman–Crippen LogP) is 1.45. The molecule has 1 aromatic rings. The highest BCUT2D eigenvalue weighted by Gasteiger charge is 2.22. The van der Waals surface area contributed by atoms with E-state index in [0.29, 0.717) is 17.9 Å². The molecule has 1 atom stereocenters. The molecule has 1 heterocycles. The monoisotopic (exact) mass is 324 g/mol. The quantitative estimate of drug-likeness (QED) is 0.691. The lowest BCUT2D eigenvalue weighted by Crippen LogP contribution is -2.21. The number of carbonyl (C=O) groups is 2. The highest BCUT2D eigenvalue weighted by Crippen LogP contribution is 2.15. The van der Waals surface area contributed by atoms with Crippen LogP contribution in [-0.2, 0) is 32.7 Å². The number of aliphatic hydroxyl groups is 1. The van der Waals surface area contributed by atoms with Crippen LogP contribution in [-0.4, -0.2) is 39.8 Å². The number of allylic oxidation sites excluding steroid dienone is 1. The number of hydrogen-bond donors (Lipinski definition) is 1. The molecule has 1 rings (SSSR count). The second-order valence-corrected chi connectivity index (χ2v) is 4.92. The molecule has 0 aromatic carbocycles. The van der Waals surface area contributed by atoms with Gasteiger partial charge in [0.15, 0.2) is 0 Å². The molecule has 0 fully saturated rings. The Morgan fingerprint density at radius 3 is 2.61 bits per heavy atom. The van der Waals surface area contributed by atoms with Crippen molar-refractivity contribution in [3.63, 3.8) is 0 Å². The summed E-state index contributed by atoms with van der Waals surface area (Å²) in [5, 5.41) is 9.13. The van der Waals surface area contributed by atoms with Crippen molar-refractivity contribution >= 4 is 18.0 Å². The van der Waals surface area contributed by atoms with E-state index in [2.05, 4.69) is 4.98 Å². The normalized spacial score (nSPS) is 12.3. The van der Waals surface area contributed by atoms with Crippen LogP contribution in [0, 0.1) is 5.92 Å². The van der Waals surface area contributed by atoms with Crippen LogP contribution in [0.3, 0.4) is 0 Å². The molecular formula is C16H24N2O5. The van der Waals surface area contributed by atoms with E-state index in [0.717, 1.165) is 0 Å². The standard InChI is InChI=1S/C16H24N2O5/c1-4-22-15(20)9-12(16(21)23-5-2)7-6-8-14-17-10-13(11-19)18(14)3/h6,8,10,12,19H,4-5,7,9,11H2,1-3H3/b8-6+/t12-/m0/s1. The van der Waals surface area contributed by atoms with E-state index in [1.54, 1.807) is 43.8 Å². The Morgan fingerprint density at radius 1 is 1.35 bits per heavy atom. The third kappa shape index (κ3) is 5.86. The average Bonchev–Trinajstić information content (AvgIpc) is 2.87. The van der Waals surface area contributed by atoms with Gasteiger partial charge in [-0.15, -0.1) is 0 Å². The zero-order valence-electron chi connectivity index (χ0n) is 13.8. The highest BCUT2D eigenvalue weighted by atomic mass is 16.5. The number of rotatable bonds is 9. The number of hydrogen-bond acceptors (Lipinski definition) is 6. The molecule has 7 nitrogen and oxygen atoms in total. The van der Waals surface area contributed by atoms with Gasteiger partial charge in [-0.25, -0.2) is 4.98 Å². The number of aliphatic hydroxyl groups excluding tert-OH is 1. The minimum Gasteiger partial charge on any atom is -0.466 e. The van der Waals surface area contributed by atoms with Crippen molar-refractivity contribution in [1.82, 2.24) is 9.55 Å². The van der Waals surface area contributed by atoms with Gasteiger partial charge in [-0.05, 0) is 26.3 Å². The maximum absolute atomic E-state index is 11.9. The summed E-state index contributed by atoms with van der Waals surface area (Å²) in [7, 11) is 1.79. The van der Waals surface area contributed by atoms with Crippen LogP contribution >= 0.6 is 0 Å². The lowest BCUT2D eigenvalue weighted by Gasteiger charge is -2.12. The summed E-state index contributed by atoms with van der Waals surface area (Å²) < 4.78 is 11.6. The molecule has 7 heteroatoms. The minimum absolute atomic E-state index is 0.0144. The van der Waals surface area contributed by atoms with E-state index in [4.69, 9.17) is 14.6 Å². The summed E-state index contributed by atoms with van der Waals surface area (Å²) in [5.74, 6) is -0.754. The number of esters is 2. The van der Waals surface area contributed by atoms with Crippen molar-refractivity contribution in [3.05, 3.63) is 23.8 Å². The van der Waals surface area contributed by atoms with Crippen LogP contribution in [0.4, 0.5) is 0 Å². The van der Waals surface area contributed by atoms with Gasteiger partial charge in [0.1, 0.15) is 5.82 Å².